The van der Waals surface area contributed by atoms with Crippen LogP contribution in [0, 0.1) is 6.92 Å². The predicted octanol–water partition coefficient (Wildman–Crippen LogP) is 1.59. The van der Waals surface area contributed by atoms with Crippen LogP contribution in [0.3, 0.4) is 0 Å². The third kappa shape index (κ3) is 4.88. The average Bonchev–Trinajstić information content (AvgIpc) is 2.53. The van der Waals surface area contributed by atoms with Gasteiger partial charge in [0.1, 0.15) is 0 Å². The van der Waals surface area contributed by atoms with Gasteiger partial charge in [-0.3, -0.25) is 4.68 Å². The summed E-state index contributed by atoms with van der Waals surface area (Å²) >= 11 is 0. The smallest absolute Gasteiger partial charge is 0.0537 e. The summed E-state index contributed by atoms with van der Waals surface area (Å²) < 4.78 is 1.91. The number of nitrogens with one attached hydrogen (secondary N) is 2. The van der Waals surface area contributed by atoms with E-state index in [1.807, 2.05) is 17.9 Å². The van der Waals surface area contributed by atoms with Gasteiger partial charge >= 0.3 is 0 Å². The average molecular weight is 238 g/mol. The Balaban J connectivity index is 2.33. The van der Waals surface area contributed by atoms with Crippen molar-refractivity contribution in [3.8, 4) is 0 Å². The summed E-state index contributed by atoms with van der Waals surface area (Å²) in [7, 11) is 1.98. The van der Waals surface area contributed by atoms with Gasteiger partial charge in [-0.1, -0.05) is 0 Å². The van der Waals surface area contributed by atoms with Crippen LogP contribution >= 0.6 is 0 Å². The van der Waals surface area contributed by atoms with E-state index >= 15 is 0 Å². The Morgan fingerprint density at radius 2 is 2.06 bits per heavy atom. The molecule has 0 amide bonds. The van der Waals surface area contributed by atoms with Crippen molar-refractivity contribution in [3.05, 3.63) is 17.5 Å². The van der Waals surface area contributed by atoms with Gasteiger partial charge in [0.2, 0.25) is 0 Å². The first-order chi connectivity index (χ1) is 7.79. The van der Waals surface area contributed by atoms with Crippen LogP contribution in [-0.4, -0.2) is 27.9 Å². The second kappa shape index (κ2) is 5.65. The standard InChI is InChI=1S/C13H26N4/c1-10(7-15-13(3,4)5)14-8-12-9-16-17(6)11(12)2/h9-10,14-15H,7-8H2,1-6H3. The quantitative estimate of drug-likeness (QED) is 0.818. The fourth-order valence-electron chi connectivity index (χ4n) is 1.53. The second-order valence-corrected chi connectivity index (χ2v) is 5.79. The second-order valence-electron chi connectivity index (χ2n) is 5.79. The van der Waals surface area contributed by atoms with Crippen molar-refractivity contribution in [2.24, 2.45) is 7.05 Å². The zero-order chi connectivity index (χ0) is 13.1. The maximum Gasteiger partial charge on any atom is 0.0537 e. The van der Waals surface area contributed by atoms with E-state index in [-0.39, 0.29) is 5.54 Å². The third-order valence-electron chi connectivity index (χ3n) is 2.92. The van der Waals surface area contributed by atoms with Crippen molar-refractivity contribution in [1.82, 2.24) is 20.4 Å². The Labute approximate surface area is 105 Å². The fourth-order valence-corrected chi connectivity index (χ4v) is 1.53. The Hall–Kier alpha value is -0.870. The zero-order valence-electron chi connectivity index (χ0n) is 12.0. The first-order valence-electron chi connectivity index (χ1n) is 6.25. The molecule has 0 aromatic carbocycles. The third-order valence-corrected chi connectivity index (χ3v) is 2.92. The first kappa shape index (κ1) is 14.2. The molecule has 0 bridgehead atoms. The molecule has 4 heteroatoms. The lowest BCUT2D eigenvalue weighted by atomic mass is 10.1. The molecule has 0 saturated heterocycles. The predicted molar refractivity (Wildman–Crippen MR) is 72.0 cm³/mol. The van der Waals surface area contributed by atoms with Crippen LogP contribution in [0.25, 0.3) is 0 Å². The van der Waals surface area contributed by atoms with E-state index in [1.54, 1.807) is 0 Å². The van der Waals surface area contributed by atoms with Gasteiger partial charge in [0, 0.05) is 43.0 Å². The van der Waals surface area contributed by atoms with Gasteiger partial charge < -0.3 is 10.6 Å². The number of aromatic nitrogens is 2. The Kier molecular flexibility index (Phi) is 4.71. The van der Waals surface area contributed by atoms with Crippen molar-refractivity contribution in [2.45, 2.75) is 52.7 Å². The summed E-state index contributed by atoms with van der Waals surface area (Å²) in [5.74, 6) is 0. The molecule has 1 atom stereocenters. The molecule has 1 aromatic rings. The zero-order valence-corrected chi connectivity index (χ0v) is 12.0. The van der Waals surface area contributed by atoms with Crippen molar-refractivity contribution in [1.29, 1.82) is 0 Å². The molecular formula is C13H26N4. The Morgan fingerprint density at radius 3 is 2.53 bits per heavy atom. The number of aryl methyl sites for hydroxylation is 1. The highest BCUT2D eigenvalue weighted by molar-refractivity contribution is 5.15. The van der Waals surface area contributed by atoms with Crippen LogP contribution in [0.2, 0.25) is 0 Å². The normalized spacial score (nSPS) is 14.0. The highest BCUT2D eigenvalue weighted by Crippen LogP contribution is 2.05. The molecule has 1 aromatic heterocycles. The van der Waals surface area contributed by atoms with Crippen LogP contribution in [0.4, 0.5) is 0 Å². The van der Waals surface area contributed by atoms with Gasteiger partial charge in [0.15, 0.2) is 0 Å². The van der Waals surface area contributed by atoms with E-state index in [0.29, 0.717) is 6.04 Å². The minimum Gasteiger partial charge on any atom is -0.311 e. The summed E-state index contributed by atoms with van der Waals surface area (Å²) in [6.45, 7) is 12.7. The van der Waals surface area contributed by atoms with Gasteiger partial charge in [-0.05, 0) is 34.6 Å². The molecule has 0 radical (unpaired) electrons. The van der Waals surface area contributed by atoms with Crippen LogP contribution in [0.1, 0.15) is 39.0 Å². The summed E-state index contributed by atoms with van der Waals surface area (Å²) in [4.78, 5) is 0. The van der Waals surface area contributed by atoms with Crippen molar-refractivity contribution < 1.29 is 0 Å². The summed E-state index contributed by atoms with van der Waals surface area (Å²) in [6, 6.07) is 0.453. The lowest BCUT2D eigenvalue weighted by Gasteiger charge is -2.24. The van der Waals surface area contributed by atoms with E-state index in [4.69, 9.17) is 0 Å². The van der Waals surface area contributed by atoms with Crippen LogP contribution in [0.5, 0.6) is 0 Å². The van der Waals surface area contributed by atoms with E-state index in [1.165, 1.54) is 11.3 Å². The van der Waals surface area contributed by atoms with E-state index in [0.717, 1.165) is 13.1 Å². The molecule has 0 aliphatic carbocycles. The molecule has 0 saturated carbocycles. The molecule has 0 aliphatic rings. The molecule has 1 heterocycles. The van der Waals surface area contributed by atoms with Gasteiger partial charge in [0.05, 0.1) is 6.20 Å². The highest BCUT2D eigenvalue weighted by Gasteiger charge is 2.11. The van der Waals surface area contributed by atoms with Gasteiger partial charge in [-0.25, -0.2) is 0 Å². The summed E-state index contributed by atoms with van der Waals surface area (Å²) in [5.41, 5.74) is 2.68. The SMILES string of the molecule is Cc1c(CNC(C)CNC(C)(C)C)cnn1C. The number of nitrogens with zero attached hydrogens (tertiary/aromatic N) is 2. The van der Waals surface area contributed by atoms with E-state index in [9.17, 15) is 0 Å². The van der Waals surface area contributed by atoms with Crippen LogP contribution in [-0.2, 0) is 13.6 Å². The van der Waals surface area contributed by atoms with E-state index in [2.05, 4.69) is 50.4 Å². The molecular weight excluding hydrogens is 212 g/mol. The topological polar surface area (TPSA) is 41.9 Å². The Morgan fingerprint density at radius 1 is 1.41 bits per heavy atom. The van der Waals surface area contributed by atoms with Gasteiger partial charge in [-0.15, -0.1) is 0 Å². The van der Waals surface area contributed by atoms with Gasteiger partial charge in [0.25, 0.3) is 0 Å². The van der Waals surface area contributed by atoms with Crippen molar-refractivity contribution >= 4 is 0 Å². The first-order valence-corrected chi connectivity index (χ1v) is 6.25. The lowest BCUT2D eigenvalue weighted by Crippen LogP contribution is -2.44. The molecule has 0 spiro atoms. The monoisotopic (exact) mass is 238 g/mol. The minimum atomic E-state index is 0.181. The maximum atomic E-state index is 4.24. The van der Waals surface area contributed by atoms with Crippen LogP contribution < -0.4 is 10.6 Å². The fraction of sp³-hybridized carbons (Fsp3) is 0.769. The summed E-state index contributed by atoms with van der Waals surface area (Å²) in [6.07, 6.45) is 1.94. The van der Waals surface area contributed by atoms with E-state index < -0.39 is 0 Å². The number of hydrogen-bond acceptors (Lipinski definition) is 3. The van der Waals surface area contributed by atoms with Crippen molar-refractivity contribution in [3.63, 3.8) is 0 Å². The molecule has 1 rings (SSSR count). The minimum absolute atomic E-state index is 0.181. The van der Waals surface area contributed by atoms with Gasteiger partial charge in [-0.2, -0.15) is 5.10 Å². The number of rotatable bonds is 5. The van der Waals surface area contributed by atoms with Crippen molar-refractivity contribution in [2.75, 3.05) is 6.54 Å². The largest absolute Gasteiger partial charge is 0.311 e. The molecule has 0 fully saturated rings. The molecule has 4 nitrogen and oxygen atoms in total. The molecule has 98 valence electrons. The lowest BCUT2D eigenvalue weighted by molar-refractivity contribution is 0.387. The molecule has 1 unspecified atom stereocenters. The maximum absolute atomic E-state index is 4.24. The highest BCUT2D eigenvalue weighted by atomic mass is 15.3. The number of hydrogen-bond donors (Lipinski definition) is 2. The molecule has 0 aliphatic heterocycles. The molecule has 2 N–H and O–H groups in total. The van der Waals surface area contributed by atoms with Crippen LogP contribution in [0.15, 0.2) is 6.20 Å². The molecule has 17 heavy (non-hydrogen) atoms. The Bertz CT molecular complexity index is 349. The summed E-state index contributed by atoms with van der Waals surface area (Å²) in [5, 5.41) is 11.2.